The van der Waals surface area contributed by atoms with E-state index in [-0.39, 0.29) is 0 Å². The zero-order valence-corrected chi connectivity index (χ0v) is 16.6. The number of carbonyl (C=O) groups is 1. The van der Waals surface area contributed by atoms with Crippen molar-refractivity contribution in [2.75, 3.05) is 13.1 Å². The summed E-state index contributed by atoms with van der Waals surface area (Å²) in [4.78, 5) is 23.8. The Labute approximate surface area is 157 Å². The number of rotatable bonds is 5. The smallest absolute Gasteiger partial charge is 0.135 e. The average Bonchev–Trinajstić information content (AvgIpc) is 2.59. The maximum absolute atomic E-state index is 11.8. The van der Waals surface area contributed by atoms with Gasteiger partial charge in [-0.05, 0) is 63.1 Å². The highest BCUT2D eigenvalue weighted by Gasteiger charge is 2.55. The van der Waals surface area contributed by atoms with Gasteiger partial charge in [-0.25, -0.2) is 9.97 Å². The van der Waals surface area contributed by atoms with Crippen LogP contribution in [0.2, 0.25) is 0 Å². The molecule has 3 fully saturated rings. The predicted molar refractivity (Wildman–Crippen MR) is 103 cm³/mol. The van der Waals surface area contributed by atoms with Gasteiger partial charge in [-0.1, -0.05) is 20.8 Å². The summed E-state index contributed by atoms with van der Waals surface area (Å²) in [5.74, 6) is 2.85. The molecule has 4 rings (SSSR count). The summed E-state index contributed by atoms with van der Waals surface area (Å²) in [5.41, 5.74) is 1.78. The predicted octanol–water partition coefficient (Wildman–Crippen LogP) is 4.32. The minimum absolute atomic E-state index is 0.389. The number of nitrogens with zero attached hydrogens (tertiary/aromatic N) is 3. The van der Waals surface area contributed by atoms with Crippen molar-refractivity contribution in [1.82, 2.24) is 14.9 Å². The van der Waals surface area contributed by atoms with E-state index in [2.05, 4.69) is 29.8 Å². The third kappa shape index (κ3) is 3.33. The van der Waals surface area contributed by atoms with Gasteiger partial charge >= 0.3 is 0 Å². The largest absolute Gasteiger partial charge is 0.300 e. The van der Waals surface area contributed by atoms with Gasteiger partial charge in [-0.3, -0.25) is 4.79 Å². The van der Waals surface area contributed by atoms with Crippen LogP contribution in [-0.2, 0) is 4.79 Å². The summed E-state index contributed by atoms with van der Waals surface area (Å²) < 4.78 is 0. The van der Waals surface area contributed by atoms with Gasteiger partial charge in [-0.15, -0.1) is 0 Å². The fraction of sp³-hybridized carbons (Fsp3) is 0.773. The number of Topliss-reactive ketones (excluding diaryl/α,β-unsaturated/α-hetero) is 1. The highest BCUT2D eigenvalue weighted by atomic mass is 16.1. The van der Waals surface area contributed by atoms with Crippen LogP contribution in [0.3, 0.4) is 0 Å². The Bertz CT molecular complexity index is 649. The topological polar surface area (TPSA) is 46.1 Å². The van der Waals surface area contributed by atoms with Gasteiger partial charge in [0.2, 0.25) is 0 Å². The van der Waals surface area contributed by atoms with E-state index in [1.165, 1.54) is 57.3 Å². The fourth-order valence-corrected chi connectivity index (χ4v) is 5.49. The second-order valence-corrected chi connectivity index (χ2v) is 9.29. The molecule has 0 N–H and O–H groups in total. The number of carbonyl (C=O) groups excluding carboxylic acids is 1. The first-order chi connectivity index (χ1) is 12.5. The molecule has 26 heavy (non-hydrogen) atoms. The highest BCUT2D eigenvalue weighted by Crippen LogP contribution is 2.60. The molecule has 1 saturated heterocycles. The molecule has 4 nitrogen and oxygen atoms in total. The van der Waals surface area contributed by atoms with Gasteiger partial charge in [-0.2, -0.15) is 0 Å². The van der Waals surface area contributed by atoms with E-state index < -0.39 is 0 Å². The molecule has 2 saturated carbocycles. The standard InChI is InChI=1S/C22H33N3O/c1-4-20(26)17-11-22(12-17)13-18(14-22)25-9-6-16(7-10-25)19-5-8-23-21(24-19)15(2)3/h5,8,15-18H,4,6-7,9-14H2,1-3H3. The molecule has 0 bridgehead atoms. The van der Waals surface area contributed by atoms with E-state index in [1.807, 2.05) is 13.1 Å². The first kappa shape index (κ1) is 18.1. The lowest BCUT2D eigenvalue weighted by Gasteiger charge is -2.60. The van der Waals surface area contributed by atoms with Gasteiger partial charge in [0.25, 0.3) is 0 Å². The number of piperidine rings is 1. The Morgan fingerprint density at radius 1 is 1.23 bits per heavy atom. The molecule has 142 valence electrons. The molecule has 0 radical (unpaired) electrons. The molecule has 2 aliphatic carbocycles. The summed E-state index contributed by atoms with van der Waals surface area (Å²) in [6.07, 6.45) is 10.1. The molecule has 1 aliphatic heterocycles. The van der Waals surface area contributed by atoms with Gasteiger partial charge in [0.1, 0.15) is 11.6 Å². The number of likely N-dealkylation sites (tertiary alicyclic amines) is 1. The molecule has 3 aliphatic rings. The summed E-state index contributed by atoms with van der Waals surface area (Å²) in [6.45, 7) is 8.72. The molecule has 2 heterocycles. The van der Waals surface area contributed by atoms with Gasteiger partial charge in [0.05, 0.1) is 0 Å². The zero-order chi connectivity index (χ0) is 18.3. The van der Waals surface area contributed by atoms with Crippen LogP contribution in [0, 0.1) is 11.3 Å². The molecule has 0 aromatic carbocycles. The van der Waals surface area contributed by atoms with Crippen LogP contribution in [0.5, 0.6) is 0 Å². The van der Waals surface area contributed by atoms with Gasteiger partial charge < -0.3 is 4.90 Å². The normalized spacial score (nSPS) is 32.5. The minimum Gasteiger partial charge on any atom is -0.300 e. The molecular formula is C22H33N3O. The molecule has 4 heteroatoms. The van der Waals surface area contributed by atoms with Crippen molar-refractivity contribution in [3.05, 3.63) is 23.8 Å². The Hall–Kier alpha value is -1.29. The monoisotopic (exact) mass is 355 g/mol. The van der Waals surface area contributed by atoms with Crippen LogP contribution in [-0.4, -0.2) is 39.8 Å². The summed E-state index contributed by atoms with van der Waals surface area (Å²) in [7, 11) is 0. The van der Waals surface area contributed by atoms with E-state index >= 15 is 0 Å². The first-order valence-corrected chi connectivity index (χ1v) is 10.6. The van der Waals surface area contributed by atoms with E-state index in [9.17, 15) is 4.79 Å². The van der Waals surface area contributed by atoms with Gasteiger partial charge in [0, 0.05) is 42.1 Å². The lowest BCUT2D eigenvalue weighted by atomic mass is 9.49. The Morgan fingerprint density at radius 2 is 1.92 bits per heavy atom. The van der Waals surface area contributed by atoms with Crippen molar-refractivity contribution in [3.63, 3.8) is 0 Å². The molecule has 1 aromatic heterocycles. The number of hydrogen-bond donors (Lipinski definition) is 0. The summed E-state index contributed by atoms with van der Waals surface area (Å²) in [6, 6.07) is 2.88. The molecule has 1 aromatic rings. The third-order valence-electron chi connectivity index (χ3n) is 7.18. The Balaban J connectivity index is 1.25. The maximum atomic E-state index is 11.8. The number of aromatic nitrogens is 2. The van der Waals surface area contributed by atoms with E-state index in [4.69, 9.17) is 4.98 Å². The second-order valence-electron chi connectivity index (χ2n) is 9.29. The molecule has 0 atom stereocenters. The highest BCUT2D eigenvalue weighted by molar-refractivity contribution is 5.81. The van der Waals surface area contributed by atoms with E-state index in [1.54, 1.807) is 0 Å². The molecular weight excluding hydrogens is 322 g/mol. The van der Waals surface area contributed by atoms with Crippen LogP contribution < -0.4 is 0 Å². The van der Waals surface area contributed by atoms with Crippen molar-refractivity contribution in [2.24, 2.45) is 11.3 Å². The van der Waals surface area contributed by atoms with Crippen molar-refractivity contribution < 1.29 is 4.79 Å². The Kier molecular flexibility index (Phi) is 4.89. The Morgan fingerprint density at radius 3 is 2.54 bits per heavy atom. The SMILES string of the molecule is CCC(=O)C1CC2(C1)CC(N1CCC(c3ccnc(C(C)C)n3)CC1)C2. The van der Waals surface area contributed by atoms with E-state index in [0.717, 1.165) is 18.3 Å². The van der Waals surface area contributed by atoms with Crippen LogP contribution in [0.1, 0.15) is 89.1 Å². The van der Waals surface area contributed by atoms with Crippen LogP contribution in [0.4, 0.5) is 0 Å². The lowest BCUT2D eigenvalue weighted by Crippen LogP contribution is -2.58. The van der Waals surface area contributed by atoms with Crippen molar-refractivity contribution in [2.45, 2.75) is 83.6 Å². The average molecular weight is 356 g/mol. The van der Waals surface area contributed by atoms with Crippen LogP contribution >= 0.6 is 0 Å². The summed E-state index contributed by atoms with van der Waals surface area (Å²) >= 11 is 0. The van der Waals surface area contributed by atoms with Crippen molar-refractivity contribution in [1.29, 1.82) is 0 Å². The summed E-state index contributed by atoms with van der Waals surface area (Å²) in [5, 5.41) is 0. The zero-order valence-electron chi connectivity index (χ0n) is 16.6. The number of ketones is 1. The minimum atomic E-state index is 0.389. The quantitative estimate of drug-likeness (QED) is 0.789. The van der Waals surface area contributed by atoms with Crippen LogP contribution in [0.25, 0.3) is 0 Å². The third-order valence-corrected chi connectivity index (χ3v) is 7.18. The molecule has 0 amide bonds. The lowest BCUT2D eigenvalue weighted by molar-refractivity contribution is -0.141. The van der Waals surface area contributed by atoms with Crippen LogP contribution in [0.15, 0.2) is 12.3 Å². The number of hydrogen-bond acceptors (Lipinski definition) is 4. The van der Waals surface area contributed by atoms with Crippen molar-refractivity contribution in [3.8, 4) is 0 Å². The van der Waals surface area contributed by atoms with E-state index in [0.29, 0.717) is 29.0 Å². The molecule has 1 spiro atoms. The maximum Gasteiger partial charge on any atom is 0.135 e. The van der Waals surface area contributed by atoms with Gasteiger partial charge in [0.15, 0.2) is 0 Å². The fourth-order valence-electron chi connectivity index (χ4n) is 5.49. The molecule has 0 unspecified atom stereocenters. The van der Waals surface area contributed by atoms with Crippen molar-refractivity contribution >= 4 is 5.78 Å². The first-order valence-electron chi connectivity index (χ1n) is 10.6. The second kappa shape index (κ2) is 7.03.